The van der Waals surface area contributed by atoms with Crippen molar-refractivity contribution in [2.24, 2.45) is 0 Å². The lowest BCUT2D eigenvalue weighted by molar-refractivity contribution is 0.0630. The first kappa shape index (κ1) is 12.2. The van der Waals surface area contributed by atoms with Crippen molar-refractivity contribution in [1.82, 2.24) is 10.2 Å². The zero-order valence-electron chi connectivity index (χ0n) is 11.1. The first-order chi connectivity index (χ1) is 9.29. The average molecular weight is 254 g/mol. The van der Waals surface area contributed by atoms with Gasteiger partial charge in [-0.1, -0.05) is 30.3 Å². The van der Waals surface area contributed by atoms with Gasteiger partial charge in [0, 0.05) is 25.2 Å². The van der Waals surface area contributed by atoms with E-state index in [4.69, 9.17) is 0 Å². The van der Waals surface area contributed by atoms with Crippen molar-refractivity contribution < 1.29 is 4.79 Å². The van der Waals surface area contributed by atoms with Crippen LogP contribution in [0.25, 0.3) is 10.8 Å². The third kappa shape index (κ3) is 2.22. The Bertz CT molecular complexity index is 604. The number of fused-ring (bicyclic) bond motifs is 1. The van der Waals surface area contributed by atoms with Gasteiger partial charge in [-0.25, -0.2) is 0 Å². The highest BCUT2D eigenvalue weighted by molar-refractivity contribution is 5.98. The number of amides is 1. The predicted molar refractivity (Wildman–Crippen MR) is 77.3 cm³/mol. The van der Waals surface area contributed by atoms with Crippen LogP contribution in [-0.2, 0) is 0 Å². The van der Waals surface area contributed by atoms with Gasteiger partial charge >= 0.3 is 0 Å². The maximum Gasteiger partial charge on any atom is 0.254 e. The fourth-order valence-corrected chi connectivity index (χ4v) is 2.55. The summed E-state index contributed by atoms with van der Waals surface area (Å²) in [6.45, 7) is 4.62. The van der Waals surface area contributed by atoms with Crippen molar-refractivity contribution in [1.29, 1.82) is 0 Å². The zero-order chi connectivity index (χ0) is 13.2. The summed E-state index contributed by atoms with van der Waals surface area (Å²) in [5.74, 6) is 0.139. The lowest BCUT2D eigenvalue weighted by Gasteiger charge is -2.37. The molecule has 3 heteroatoms. The van der Waals surface area contributed by atoms with Gasteiger partial charge < -0.3 is 10.2 Å². The topological polar surface area (TPSA) is 32.3 Å². The highest BCUT2D eigenvalue weighted by atomic mass is 16.2. The van der Waals surface area contributed by atoms with E-state index in [2.05, 4.69) is 11.4 Å². The van der Waals surface area contributed by atoms with Crippen LogP contribution in [0.2, 0.25) is 0 Å². The monoisotopic (exact) mass is 254 g/mol. The molecule has 0 atom stereocenters. The van der Waals surface area contributed by atoms with Gasteiger partial charge in [0.1, 0.15) is 0 Å². The van der Waals surface area contributed by atoms with E-state index in [1.807, 2.05) is 48.2 Å². The van der Waals surface area contributed by atoms with Crippen LogP contribution in [0.5, 0.6) is 0 Å². The summed E-state index contributed by atoms with van der Waals surface area (Å²) in [5, 5.41) is 5.51. The van der Waals surface area contributed by atoms with Crippen LogP contribution in [0.15, 0.2) is 42.5 Å². The maximum atomic E-state index is 12.6. The lowest BCUT2D eigenvalue weighted by Crippen LogP contribution is -2.58. The minimum absolute atomic E-state index is 0.139. The van der Waals surface area contributed by atoms with Crippen molar-refractivity contribution in [3.05, 3.63) is 48.0 Å². The van der Waals surface area contributed by atoms with Crippen LogP contribution in [0.4, 0.5) is 0 Å². The Hall–Kier alpha value is -1.87. The molecule has 1 amide bonds. The molecule has 0 aromatic heterocycles. The molecule has 1 aliphatic rings. The molecule has 3 nitrogen and oxygen atoms in total. The number of nitrogens with one attached hydrogen (secondary N) is 1. The third-order valence-electron chi connectivity index (χ3n) is 3.80. The number of likely N-dealkylation sites (N-methyl/N-ethyl adjacent to an activating group) is 1. The SMILES string of the molecule is CCN(C(=O)c1ccc2ccccc2c1)C1CNC1. The van der Waals surface area contributed by atoms with E-state index in [1.54, 1.807) is 0 Å². The number of hydrogen-bond donors (Lipinski definition) is 1. The quantitative estimate of drug-likeness (QED) is 0.911. The van der Waals surface area contributed by atoms with E-state index in [-0.39, 0.29) is 5.91 Å². The highest BCUT2D eigenvalue weighted by Crippen LogP contribution is 2.18. The largest absolute Gasteiger partial charge is 0.333 e. The van der Waals surface area contributed by atoms with E-state index in [0.29, 0.717) is 6.04 Å². The van der Waals surface area contributed by atoms with Crippen LogP contribution in [0, 0.1) is 0 Å². The minimum Gasteiger partial charge on any atom is -0.333 e. The van der Waals surface area contributed by atoms with E-state index in [1.165, 1.54) is 5.39 Å². The Morgan fingerprint density at radius 2 is 1.95 bits per heavy atom. The van der Waals surface area contributed by atoms with Crippen molar-refractivity contribution in [2.45, 2.75) is 13.0 Å². The first-order valence-corrected chi connectivity index (χ1v) is 6.80. The van der Waals surface area contributed by atoms with Gasteiger partial charge in [-0.2, -0.15) is 0 Å². The Morgan fingerprint density at radius 3 is 2.58 bits per heavy atom. The maximum absolute atomic E-state index is 12.6. The van der Waals surface area contributed by atoms with E-state index < -0.39 is 0 Å². The molecule has 0 radical (unpaired) electrons. The molecule has 2 aromatic carbocycles. The van der Waals surface area contributed by atoms with Crippen molar-refractivity contribution >= 4 is 16.7 Å². The minimum atomic E-state index is 0.139. The Labute approximate surface area is 113 Å². The standard InChI is InChI=1S/C16H18N2O/c1-2-18(15-10-17-11-15)16(19)14-8-7-12-5-3-4-6-13(12)9-14/h3-9,15,17H,2,10-11H2,1H3. The second-order valence-electron chi connectivity index (χ2n) is 4.97. The van der Waals surface area contributed by atoms with Gasteiger partial charge in [-0.3, -0.25) is 4.79 Å². The summed E-state index contributed by atoms with van der Waals surface area (Å²) in [4.78, 5) is 14.5. The number of rotatable bonds is 3. The molecule has 0 spiro atoms. The number of hydrogen-bond acceptors (Lipinski definition) is 2. The van der Waals surface area contributed by atoms with Crippen LogP contribution < -0.4 is 5.32 Å². The molecule has 98 valence electrons. The Balaban J connectivity index is 1.91. The van der Waals surface area contributed by atoms with Gasteiger partial charge in [0.05, 0.1) is 6.04 Å². The van der Waals surface area contributed by atoms with E-state index >= 15 is 0 Å². The molecule has 1 heterocycles. The van der Waals surface area contributed by atoms with Crippen LogP contribution in [0.3, 0.4) is 0 Å². The molecular formula is C16H18N2O. The van der Waals surface area contributed by atoms with E-state index in [0.717, 1.165) is 30.6 Å². The van der Waals surface area contributed by atoms with Crippen molar-refractivity contribution in [3.63, 3.8) is 0 Å². The van der Waals surface area contributed by atoms with Gasteiger partial charge in [0.25, 0.3) is 5.91 Å². The summed E-state index contributed by atoms with van der Waals surface area (Å²) >= 11 is 0. The summed E-state index contributed by atoms with van der Waals surface area (Å²) in [7, 11) is 0. The van der Waals surface area contributed by atoms with Gasteiger partial charge in [-0.05, 0) is 29.8 Å². The summed E-state index contributed by atoms with van der Waals surface area (Å²) in [6.07, 6.45) is 0. The molecule has 3 rings (SSSR count). The summed E-state index contributed by atoms with van der Waals surface area (Å²) < 4.78 is 0. The van der Waals surface area contributed by atoms with Gasteiger partial charge in [0.2, 0.25) is 0 Å². The molecule has 0 bridgehead atoms. The fourth-order valence-electron chi connectivity index (χ4n) is 2.55. The van der Waals surface area contributed by atoms with Crippen molar-refractivity contribution in [3.8, 4) is 0 Å². The molecule has 1 fully saturated rings. The molecule has 0 saturated carbocycles. The summed E-state index contributed by atoms with van der Waals surface area (Å²) in [6, 6.07) is 14.4. The molecule has 0 aliphatic carbocycles. The summed E-state index contributed by atoms with van der Waals surface area (Å²) in [5.41, 5.74) is 0.785. The molecule has 2 aromatic rings. The number of carbonyl (C=O) groups excluding carboxylic acids is 1. The Kier molecular flexibility index (Phi) is 3.22. The zero-order valence-corrected chi connectivity index (χ0v) is 11.1. The third-order valence-corrected chi connectivity index (χ3v) is 3.80. The highest BCUT2D eigenvalue weighted by Gasteiger charge is 2.27. The number of carbonyl (C=O) groups is 1. The number of nitrogens with zero attached hydrogens (tertiary/aromatic N) is 1. The second kappa shape index (κ2) is 5.02. The molecule has 19 heavy (non-hydrogen) atoms. The van der Waals surface area contributed by atoms with Gasteiger partial charge in [-0.15, -0.1) is 0 Å². The number of benzene rings is 2. The van der Waals surface area contributed by atoms with Crippen LogP contribution in [-0.4, -0.2) is 36.5 Å². The fraction of sp³-hybridized carbons (Fsp3) is 0.312. The van der Waals surface area contributed by atoms with Crippen LogP contribution >= 0.6 is 0 Å². The van der Waals surface area contributed by atoms with Crippen molar-refractivity contribution in [2.75, 3.05) is 19.6 Å². The normalized spacial score (nSPS) is 15.2. The van der Waals surface area contributed by atoms with E-state index in [9.17, 15) is 4.79 Å². The van der Waals surface area contributed by atoms with Gasteiger partial charge in [0.15, 0.2) is 0 Å². The molecular weight excluding hydrogens is 236 g/mol. The second-order valence-corrected chi connectivity index (χ2v) is 4.97. The average Bonchev–Trinajstić information content (AvgIpc) is 2.41. The molecule has 0 unspecified atom stereocenters. The van der Waals surface area contributed by atoms with Crippen LogP contribution in [0.1, 0.15) is 17.3 Å². The predicted octanol–water partition coefficient (Wildman–Crippen LogP) is 2.27. The molecule has 1 aliphatic heterocycles. The molecule has 1 N–H and O–H groups in total. The lowest BCUT2D eigenvalue weighted by atomic mass is 10.0. The Morgan fingerprint density at radius 1 is 1.21 bits per heavy atom. The smallest absolute Gasteiger partial charge is 0.254 e. The first-order valence-electron chi connectivity index (χ1n) is 6.80. The molecule has 1 saturated heterocycles.